The van der Waals surface area contributed by atoms with Crippen molar-refractivity contribution >= 4 is 11.3 Å². The normalized spacial score (nSPS) is 21.8. The number of nitrogens with zero attached hydrogens (tertiary/aromatic N) is 3. The van der Waals surface area contributed by atoms with Crippen LogP contribution in [-0.4, -0.2) is 33.2 Å². The van der Waals surface area contributed by atoms with E-state index in [4.69, 9.17) is 0 Å². The van der Waals surface area contributed by atoms with Gasteiger partial charge in [-0.15, -0.1) is 11.3 Å². The number of nitrogens with one attached hydrogen (secondary N) is 1. The number of aromatic amines is 1. The third-order valence-corrected chi connectivity index (χ3v) is 4.09. The molecule has 17 heavy (non-hydrogen) atoms. The summed E-state index contributed by atoms with van der Waals surface area (Å²) in [6.45, 7) is 3.36. The third kappa shape index (κ3) is 2.56. The number of H-pyrrole nitrogens is 1. The molecule has 5 heteroatoms. The lowest BCUT2D eigenvalue weighted by atomic mass is 9.95. The monoisotopic (exact) mass is 248 g/mol. The maximum absolute atomic E-state index is 4.13. The number of piperidine rings is 1. The predicted octanol–water partition coefficient (Wildman–Crippen LogP) is 2.25. The Morgan fingerprint density at radius 3 is 3.29 bits per heavy atom. The van der Waals surface area contributed by atoms with E-state index in [0.29, 0.717) is 5.92 Å². The molecular weight excluding hydrogens is 232 g/mol. The molecule has 2 aromatic rings. The minimum Gasteiger partial charge on any atom is -0.298 e. The molecule has 0 amide bonds. The number of thiazole rings is 1. The first-order chi connectivity index (χ1) is 8.42. The molecule has 2 aromatic heterocycles. The molecule has 1 N–H and O–H groups in total. The van der Waals surface area contributed by atoms with E-state index in [2.05, 4.69) is 26.1 Å². The van der Waals surface area contributed by atoms with Crippen molar-refractivity contribution < 1.29 is 0 Å². The summed E-state index contributed by atoms with van der Waals surface area (Å²) >= 11 is 1.74. The fraction of sp³-hybridized carbons (Fsp3) is 0.500. The minimum atomic E-state index is 0.610. The molecule has 0 unspecified atom stereocenters. The van der Waals surface area contributed by atoms with Crippen molar-refractivity contribution in [1.29, 1.82) is 0 Å². The van der Waals surface area contributed by atoms with E-state index in [1.165, 1.54) is 30.0 Å². The van der Waals surface area contributed by atoms with Gasteiger partial charge in [0.2, 0.25) is 0 Å². The molecule has 0 radical (unpaired) electrons. The second kappa shape index (κ2) is 4.98. The molecule has 1 aliphatic rings. The molecule has 0 aliphatic carbocycles. The van der Waals surface area contributed by atoms with Gasteiger partial charge < -0.3 is 0 Å². The Morgan fingerprint density at radius 2 is 2.53 bits per heavy atom. The predicted molar refractivity (Wildman–Crippen MR) is 68.0 cm³/mol. The number of hydrogen-bond acceptors (Lipinski definition) is 4. The van der Waals surface area contributed by atoms with Gasteiger partial charge >= 0.3 is 0 Å². The zero-order chi connectivity index (χ0) is 11.5. The van der Waals surface area contributed by atoms with E-state index >= 15 is 0 Å². The molecule has 1 aliphatic heterocycles. The maximum atomic E-state index is 4.13. The second-order valence-electron chi connectivity index (χ2n) is 4.55. The molecule has 0 bridgehead atoms. The number of hydrogen-bond donors (Lipinski definition) is 1. The SMILES string of the molecule is c1cc([C@H]2CCCN(Cc3cncs3)C2)[nH]n1. The molecule has 0 aromatic carbocycles. The molecule has 0 spiro atoms. The topological polar surface area (TPSA) is 44.8 Å². The summed E-state index contributed by atoms with van der Waals surface area (Å²) in [5, 5.41) is 7.15. The summed E-state index contributed by atoms with van der Waals surface area (Å²) in [5.41, 5.74) is 3.19. The highest BCUT2D eigenvalue weighted by Crippen LogP contribution is 2.26. The van der Waals surface area contributed by atoms with Crippen LogP contribution in [0.4, 0.5) is 0 Å². The van der Waals surface area contributed by atoms with Gasteiger partial charge in [-0.1, -0.05) is 0 Å². The van der Waals surface area contributed by atoms with E-state index in [1.807, 2.05) is 17.9 Å². The van der Waals surface area contributed by atoms with Crippen molar-refractivity contribution in [2.75, 3.05) is 13.1 Å². The first kappa shape index (κ1) is 10.9. The second-order valence-corrected chi connectivity index (χ2v) is 5.52. The van der Waals surface area contributed by atoms with Gasteiger partial charge in [0.05, 0.1) is 5.51 Å². The van der Waals surface area contributed by atoms with Crippen LogP contribution >= 0.6 is 11.3 Å². The summed E-state index contributed by atoms with van der Waals surface area (Å²) in [6, 6.07) is 2.10. The van der Waals surface area contributed by atoms with E-state index in [0.717, 1.165) is 13.1 Å². The molecule has 1 saturated heterocycles. The molecule has 3 rings (SSSR count). The van der Waals surface area contributed by atoms with Crippen molar-refractivity contribution in [3.8, 4) is 0 Å². The first-order valence-corrected chi connectivity index (χ1v) is 6.89. The van der Waals surface area contributed by atoms with Crippen LogP contribution in [0.3, 0.4) is 0 Å². The van der Waals surface area contributed by atoms with Crippen molar-refractivity contribution in [1.82, 2.24) is 20.1 Å². The lowest BCUT2D eigenvalue weighted by molar-refractivity contribution is 0.200. The molecule has 1 atom stereocenters. The summed E-state index contributed by atoms with van der Waals surface area (Å²) in [7, 11) is 0. The van der Waals surface area contributed by atoms with E-state index in [-0.39, 0.29) is 0 Å². The number of aromatic nitrogens is 3. The molecule has 0 saturated carbocycles. The fourth-order valence-electron chi connectivity index (χ4n) is 2.49. The van der Waals surface area contributed by atoms with Crippen molar-refractivity contribution in [2.45, 2.75) is 25.3 Å². The number of rotatable bonds is 3. The highest BCUT2D eigenvalue weighted by molar-refractivity contribution is 7.09. The van der Waals surface area contributed by atoms with Gasteiger partial charge in [-0.2, -0.15) is 5.10 Å². The van der Waals surface area contributed by atoms with Crippen LogP contribution in [0.25, 0.3) is 0 Å². The Kier molecular flexibility index (Phi) is 3.20. The maximum Gasteiger partial charge on any atom is 0.0794 e. The Morgan fingerprint density at radius 1 is 1.53 bits per heavy atom. The van der Waals surface area contributed by atoms with Gasteiger partial charge in [-0.25, -0.2) is 0 Å². The lowest BCUT2D eigenvalue weighted by Crippen LogP contribution is -2.33. The molecule has 1 fully saturated rings. The zero-order valence-corrected chi connectivity index (χ0v) is 10.5. The Balaban J connectivity index is 1.64. The smallest absolute Gasteiger partial charge is 0.0794 e. The highest BCUT2D eigenvalue weighted by atomic mass is 32.1. The number of likely N-dealkylation sites (tertiary alicyclic amines) is 1. The van der Waals surface area contributed by atoms with Gasteiger partial charge in [-0.05, 0) is 25.5 Å². The summed E-state index contributed by atoms with van der Waals surface area (Å²) in [6.07, 6.45) is 6.35. The molecule has 3 heterocycles. The van der Waals surface area contributed by atoms with Crippen molar-refractivity contribution in [2.24, 2.45) is 0 Å². The van der Waals surface area contributed by atoms with Gasteiger partial charge in [0, 0.05) is 42.0 Å². The Labute approximate surface area is 105 Å². The van der Waals surface area contributed by atoms with Gasteiger partial charge in [-0.3, -0.25) is 15.0 Å². The molecule has 4 nitrogen and oxygen atoms in total. The Hall–Kier alpha value is -1.20. The van der Waals surface area contributed by atoms with Gasteiger partial charge in [0.25, 0.3) is 0 Å². The minimum absolute atomic E-state index is 0.610. The standard InChI is InChI=1S/C12H16N4S/c1-2-10(12-3-4-14-15-12)7-16(5-1)8-11-6-13-9-17-11/h3-4,6,9-10H,1-2,5,7-8H2,(H,14,15)/t10-/m0/s1. The van der Waals surface area contributed by atoms with Crippen LogP contribution in [0.1, 0.15) is 29.3 Å². The summed E-state index contributed by atoms with van der Waals surface area (Å²) < 4.78 is 0. The van der Waals surface area contributed by atoms with E-state index in [9.17, 15) is 0 Å². The van der Waals surface area contributed by atoms with Crippen LogP contribution in [0.5, 0.6) is 0 Å². The largest absolute Gasteiger partial charge is 0.298 e. The summed E-state index contributed by atoms with van der Waals surface area (Å²) in [4.78, 5) is 8.01. The van der Waals surface area contributed by atoms with Crippen LogP contribution in [0.15, 0.2) is 24.0 Å². The summed E-state index contributed by atoms with van der Waals surface area (Å²) in [5.74, 6) is 0.610. The van der Waals surface area contributed by atoms with Gasteiger partial charge in [0.1, 0.15) is 0 Å². The first-order valence-electron chi connectivity index (χ1n) is 6.01. The molecular formula is C12H16N4S. The van der Waals surface area contributed by atoms with Crippen molar-refractivity contribution in [3.05, 3.63) is 34.5 Å². The van der Waals surface area contributed by atoms with E-state index < -0.39 is 0 Å². The average Bonchev–Trinajstić information content (AvgIpc) is 3.01. The van der Waals surface area contributed by atoms with Crippen LogP contribution in [0.2, 0.25) is 0 Å². The average molecular weight is 248 g/mol. The Bertz CT molecular complexity index is 437. The van der Waals surface area contributed by atoms with Crippen LogP contribution < -0.4 is 0 Å². The zero-order valence-electron chi connectivity index (χ0n) is 9.67. The fourth-order valence-corrected chi connectivity index (χ4v) is 3.12. The van der Waals surface area contributed by atoms with Crippen molar-refractivity contribution in [3.63, 3.8) is 0 Å². The third-order valence-electron chi connectivity index (χ3n) is 3.33. The quantitative estimate of drug-likeness (QED) is 0.906. The van der Waals surface area contributed by atoms with Crippen LogP contribution in [-0.2, 0) is 6.54 Å². The molecule has 90 valence electrons. The van der Waals surface area contributed by atoms with Crippen LogP contribution in [0, 0.1) is 0 Å². The lowest BCUT2D eigenvalue weighted by Gasteiger charge is -2.31. The van der Waals surface area contributed by atoms with Gasteiger partial charge in [0.15, 0.2) is 0 Å². The highest BCUT2D eigenvalue weighted by Gasteiger charge is 2.22. The van der Waals surface area contributed by atoms with E-state index in [1.54, 1.807) is 11.3 Å².